The minimum atomic E-state index is -0.615. The summed E-state index contributed by atoms with van der Waals surface area (Å²) in [6, 6.07) is -0.342. The van der Waals surface area contributed by atoms with E-state index in [0.29, 0.717) is 0 Å². The molecule has 0 aliphatic heterocycles. The van der Waals surface area contributed by atoms with Crippen LogP contribution < -0.4 is 5.32 Å². The van der Waals surface area contributed by atoms with E-state index < -0.39 is 12.0 Å². The molecule has 0 aliphatic carbocycles. The summed E-state index contributed by atoms with van der Waals surface area (Å²) in [6.07, 6.45) is -0.615. The monoisotopic (exact) mass is 185 g/mol. The topological polar surface area (TPSA) is 104 Å². The van der Waals surface area contributed by atoms with Crippen LogP contribution in [0.5, 0.6) is 0 Å². The summed E-state index contributed by atoms with van der Waals surface area (Å²) < 4.78 is 0. The van der Waals surface area contributed by atoms with Gasteiger partial charge in [0.15, 0.2) is 0 Å². The van der Waals surface area contributed by atoms with Crippen molar-refractivity contribution in [2.45, 2.75) is 26.0 Å². The first-order chi connectivity index (χ1) is 6.11. The van der Waals surface area contributed by atoms with E-state index in [4.69, 9.17) is 5.11 Å². The molecule has 0 saturated carbocycles. The van der Waals surface area contributed by atoms with Gasteiger partial charge in [-0.25, -0.2) is 0 Å². The van der Waals surface area contributed by atoms with Crippen LogP contribution in [0.1, 0.15) is 24.5 Å². The summed E-state index contributed by atoms with van der Waals surface area (Å²) in [5.41, 5.74) is 0. The average Bonchev–Trinajstić information content (AvgIpc) is 2.55. The van der Waals surface area contributed by atoms with Gasteiger partial charge in [0.25, 0.3) is 11.7 Å². The summed E-state index contributed by atoms with van der Waals surface area (Å²) in [6.45, 7) is 3.27. The average molecular weight is 185 g/mol. The van der Waals surface area contributed by atoms with Gasteiger partial charge >= 0.3 is 0 Å². The SMILES string of the molecule is CC(O)C(C)NC(=O)c1nn[nH]n1. The highest BCUT2D eigenvalue weighted by Crippen LogP contribution is 1.92. The number of nitrogens with zero attached hydrogens (tertiary/aromatic N) is 3. The van der Waals surface area contributed by atoms with Gasteiger partial charge < -0.3 is 10.4 Å². The number of carbonyl (C=O) groups excluding carboxylic acids is 1. The van der Waals surface area contributed by atoms with Gasteiger partial charge in [-0.1, -0.05) is 0 Å². The van der Waals surface area contributed by atoms with Gasteiger partial charge in [-0.05, 0) is 19.1 Å². The van der Waals surface area contributed by atoms with E-state index in [2.05, 4.69) is 25.9 Å². The lowest BCUT2D eigenvalue weighted by atomic mass is 10.2. The van der Waals surface area contributed by atoms with Gasteiger partial charge in [0, 0.05) is 0 Å². The molecule has 2 atom stereocenters. The van der Waals surface area contributed by atoms with Crippen molar-refractivity contribution in [1.82, 2.24) is 25.9 Å². The first-order valence-corrected chi connectivity index (χ1v) is 3.83. The first kappa shape index (κ1) is 9.59. The molecule has 1 heterocycles. The van der Waals surface area contributed by atoms with E-state index in [1.807, 2.05) is 0 Å². The Balaban J connectivity index is 2.52. The molecular formula is C6H11N5O2. The van der Waals surface area contributed by atoms with Gasteiger partial charge in [-0.15, -0.1) is 10.2 Å². The highest BCUT2D eigenvalue weighted by atomic mass is 16.3. The molecule has 0 radical (unpaired) electrons. The molecule has 1 amide bonds. The van der Waals surface area contributed by atoms with E-state index in [0.717, 1.165) is 0 Å². The van der Waals surface area contributed by atoms with Crippen molar-refractivity contribution in [3.05, 3.63) is 5.82 Å². The maximum Gasteiger partial charge on any atom is 0.293 e. The molecule has 0 bridgehead atoms. The Labute approximate surface area is 74.5 Å². The number of carbonyl (C=O) groups is 1. The Bertz CT molecular complexity index is 271. The van der Waals surface area contributed by atoms with Crippen LogP contribution in [0.3, 0.4) is 0 Å². The molecule has 7 nitrogen and oxygen atoms in total. The Kier molecular flexibility index (Phi) is 2.91. The molecule has 7 heteroatoms. The van der Waals surface area contributed by atoms with Crippen molar-refractivity contribution in [3.8, 4) is 0 Å². The van der Waals surface area contributed by atoms with Crippen molar-refractivity contribution in [3.63, 3.8) is 0 Å². The molecule has 3 N–H and O–H groups in total. The number of nitrogens with one attached hydrogen (secondary N) is 2. The van der Waals surface area contributed by atoms with Crippen LogP contribution in [0.2, 0.25) is 0 Å². The molecule has 72 valence electrons. The summed E-state index contributed by atoms with van der Waals surface area (Å²) in [4.78, 5) is 11.2. The van der Waals surface area contributed by atoms with Crippen LogP contribution in [0.15, 0.2) is 0 Å². The van der Waals surface area contributed by atoms with Crippen molar-refractivity contribution in [2.75, 3.05) is 0 Å². The molecule has 0 saturated heterocycles. The van der Waals surface area contributed by atoms with Gasteiger partial charge in [0.05, 0.1) is 12.1 Å². The second-order valence-electron chi connectivity index (χ2n) is 2.74. The minimum Gasteiger partial charge on any atom is -0.391 e. The van der Waals surface area contributed by atoms with Crippen molar-refractivity contribution < 1.29 is 9.90 Å². The second kappa shape index (κ2) is 3.94. The van der Waals surface area contributed by atoms with Crippen LogP contribution >= 0.6 is 0 Å². The molecule has 1 aromatic rings. The van der Waals surface area contributed by atoms with E-state index in [9.17, 15) is 4.79 Å². The predicted octanol–water partition coefficient (Wildman–Crippen LogP) is -1.30. The predicted molar refractivity (Wildman–Crippen MR) is 42.8 cm³/mol. The zero-order chi connectivity index (χ0) is 9.84. The van der Waals surface area contributed by atoms with E-state index in [1.165, 1.54) is 0 Å². The first-order valence-electron chi connectivity index (χ1n) is 3.83. The molecule has 0 spiro atoms. The highest BCUT2D eigenvalue weighted by Gasteiger charge is 2.16. The van der Waals surface area contributed by atoms with Gasteiger partial charge in [-0.3, -0.25) is 4.79 Å². The van der Waals surface area contributed by atoms with Crippen molar-refractivity contribution in [2.24, 2.45) is 0 Å². The van der Waals surface area contributed by atoms with Crippen LogP contribution in [-0.4, -0.2) is 43.8 Å². The lowest BCUT2D eigenvalue weighted by Gasteiger charge is -2.14. The maximum atomic E-state index is 11.2. The number of aromatic amines is 1. The number of H-pyrrole nitrogens is 1. The fourth-order valence-electron chi connectivity index (χ4n) is 0.650. The standard InChI is InChI=1S/C6H11N5O2/c1-3(4(2)12)7-6(13)5-8-10-11-9-5/h3-4,12H,1-2H3,(H,7,13)(H,8,9,10,11). The molecule has 13 heavy (non-hydrogen) atoms. The maximum absolute atomic E-state index is 11.2. The van der Waals surface area contributed by atoms with Crippen LogP contribution in [0.25, 0.3) is 0 Å². The molecular weight excluding hydrogens is 174 g/mol. The van der Waals surface area contributed by atoms with Crippen LogP contribution in [-0.2, 0) is 0 Å². The number of aromatic nitrogens is 4. The Hall–Kier alpha value is -1.50. The zero-order valence-electron chi connectivity index (χ0n) is 7.35. The second-order valence-corrected chi connectivity index (χ2v) is 2.74. The number of tetrazole rings is 1. The Morgan fingerprint density at radius 2 is 2.31 bits per heavy atom. The highest BCUT2D eigenvalue weighted by molar-refractivity contribution is 5.90. The van der Waals surface area contributed by atoms with Gasteiger partial charge in [0.2, 0.25) is 0 Å². The smallest absolute Gasteiger partial charge is 0.293 e. The molecule has 1 aromatic heterocycles. The number of hydrogen-bond donors (Lipinski definition) is 3. The van der Waals surface area contributed by atoms with Crippen molar-refractivity contribution >= 4 is 5.91 Å². The molecule has 0 fully saturated rings. The third-order valence-corrected chi connectivity index (χ3v) is 1.63. The van der Waals surface area contributed by atoms with Crippen molar-refractivity contribution in [1.29, 1.82) is 0 Å². The summed E-state index contributed by atoms with van der Waals surface area (Å²) >= 11 is 0. The Morgan fingerprint density at radius 1 is 1.62 bits per heavy atom. The summed E-state index contributed by atoms with van der Waals surface area (Å²) in [7, 11) is 0. The van der Waals surface area contributed by atoms with Gasteiger partial charge in [-0.2, -0.15) is 5.21 Å². The molecule has 2 unspecified atom stereocenters. The minimum absolute atomic E-state index is 0.0347. The van der Waals surface area contributed by atoms with Gasteiger partial charge in [0.1, 0.15) is 0 Å². The number of rotatable bonds is 3. The number of aliphatic hydroxyl groups excluding tert-OH is 1. The number of aliphatic hydroxyl groups is 1. The zero-order valence-corrected chi connectivity index (χ0v) is 7.35. The normalized spacial score (nSPS) is 15.0. The molecule has 0 aromatic carbocycles. The molecule has 1 rings (SSSR count). The quantitative estimate of drug-likeness (QED) is 0.543. The lowest BCUT2D eigenvalue weighted by molar-refractivity contribution is 0.0863. The van der Waals surface area contributed by atoms with Crippen LogP contribution in [0.4, 0.5) is 0 Å². The third kappa shape index (κ3) is 2.48. The Morgan fingerprint density at radius 3 is 2.77 bits per heavy atom. The number of hydrogen-bond acceptors (Lipinski definition) is 5. The van der Waals surface area contributed by atoms with Crippen LogP contribution in [0, 0.1) is 0 Å². The summed E-state index contributed by atoms with van der Waals surface area (Å²) in [5, 5.41) is 24.0. The fraction of sp³-hybridized carbons (Fsp3) is 0.667. The van der Waals surface area contributed by atoms with E-state index in [1.54, 1.807) is 13.8 Å². The lowest BCUT2D eigenvalue weighted by Crippen LogP contribution is -2.40. The van der Waals surface area contributed by atoms with E-state index >= 15 is 0 Å². The molecule has 0 aliphatic rings. The van der Waals surface area contributed by atoms with E-state index in [-0.39, 0.29) is 11.9 Å². The fourth-order valence-corrected chi connectivity index (χ4v) is 0.650. The number of amides is 1. The third-order valence-electron chi connectivity index (χ3n) is 1.63. The largest absolute Gasteiger partial charge is 0.391 e. The summed E-state index contributed by atoms with van der Waals surface area (Å²) in [5.74, 6) is -0.491.